The number of fused-ring (bicyclic) bond motifs is 2. The van der Waals surface area contributed by atoms with E-state index in [-0.39, 0.29) is 55.7 Å². The molecule has 0 aliphatic carbocycles. The van der Waals surface area contributed by atoms with E-state index in [4.69, 9.17) is 14.6 Å². The van der Waals surface area contributed by atoms with Crippen molar-refractivity contribution in [2.24, 2.45) is 0 Å². The molecule has 0 atom stereocenters. The van der Waals surface area contributed by atoms with E-state index in [0.29, 0.717) is 0 Å². The Kier molecular flexibility index (Phi) is 8.13. The number of benzene rings is 4. The summed E-state index contributed by atoms with van der Waals surface area (Å²) in [7, 11) is 0. The van der Waals surface area contributed by atoms with E-state index < -0.39 is 39.5 Å². The molecule has 0 saturated carbocycles. The fourth-order valence-electron chi connectivity index (χ4n) is 4.49. The molecule has 8 nitrogen and oxygen atoms in total. The standard InChI is InChI=1S/C16H8F3NO4.C16H10F3NO2/c17-16(18,19)10-4-1-3-9(7-10)14-8-13(21)11-5-2-6-12(20(22)23)15(11)24-14;17-16(18,19)10-4-1-3-9(7-10)14-8-13(21)11-5-2-6-12(20)15(11)22-14/h1-8H;1-8H,20H2. The van der Waals surface area contributed by atoms with Gasteiger partial charge >= 0.3 is 18.0 Å². The molecule has 46 heavy (non-hydrogen) atoms. The second kappa shape index (κ2) is 11.9. The maximum atomic E-state index is 12.8. The monoisotopic (exact) mass is 640 g/mol. The van der Waals surface area contributed by atoms with Crippen LogP contribution < -0.4 is 16.6 Å². The third kappa shape index (κ3) is 6.45. The summed E-state index contributed by atoms with van der Waals surface area (Å²) < 4.78 is 87.6. The van der Waals surface area contributed by atoms with Gasteiger partial charge in [0.2, 0.25) is 5.58 Å². The maximum absolute atomic E-state index is 12.8. The van der Waals surface area contributed by atoms with Gasteiger partial charge in [0, 0.05) is 29.3 Å². The Hall–Kier alpha value is -5.92. The Morgan fingerprint density at radius 3 is 1.52 bits per heavy atom. The van der Waals surface area contributed by atoms with Crippen molar-refractivity contribution in [1.82, 2.24) is 0 Å². The molecule has 0 spiro atoms. The number of nitro groups is 1. The number of halogens is 6. The molecule has 0 aliphatic heterocycles. The van der Waals surface area contributed by atoms with Gasteiger partial charge in [0.15, 0.2) is 16.4 Å². The number of hydrogen-bond donors (Lipinski definition) is 1. The molecule has 0 fully saturated rings. The summed E-state index contributed by atoms with van der Waals surface area (Å²) in [4.78, 5) is 34.5. The second-order valence-electron chi connectivity index (χ2n) is 9.74. The first-order chi connectivity index (χ1) is 21.6. The van der Waals surface area contributed by atoms with Gasteiger partial charge in [-0.05, 0) is 42.5 Å². The van der Waals surface area contributed by atoms with Gasteiger partial charge in [-0.25, -0.2) is 0 Å². The van der Waals surface area contributed by atoms with Crippen LogP contribution in [0, 0.1) is 10.1 Å². The van der Waals surface area contributed by atoms with Crippen LogP contribution in [0.5, 0.6) is 0 Å². The molecule has 2 heterocycles. The van der Waals surface area contributed by atoms with E-state index in [0.717, 1.165) is 42.5 Å². The molecule has 6 aromatic rings. The first kappa shape index (κ1) is 31.5. The van der Waals surface area contributed by atoms with Crippen LogP contribution in [0.25, 0.3) is 44.6 Å². The molecule has 234 valence electrons. The summed E-state index contributed by atoms with van der Waals surface area (Å²) >= 11 is 0. The SMILES string of the molecule is Nc1cccc2c(=O)cc(-c3cccc(C(F)(F)F)c3)oc12.O=c1cc(-c2cccc(C(F)(F)F)c2)oc2c([N+](=O)[O-])cccc12. The van der Waals surface area contributed by atoms with Crippen molar-refractivity contribution in [3.05, 3.63) is 139 Å². The Balaban J connectivity index is 0.000000182. The number of nitrogen functional groups attached to an aromatic ring is 1. The van der Waals surface area contributed by atoms with Crippen molar-refractivity contribution < 1.29 is 40.1 Å². The van der Waals surface area contributed by atoms with Crippen molar-refractivity contribution in [2.75, 3.05) is 5.73 Å². The predicted molar refractivity (Wildman–Crippen MR) is 157 cm³/mol. The van der Waals surface area contributed by atoms with Gasteiger partial charge in [-0.1, -0.05) is 36.4 Å². The van der Waals surface area contributed by atoms with Gasteiger partial charge in [0.05, 0.1) is 32.5 Å². The molecule has 0 unspecified atom stereocenters. The highest BCUT2D eigenvalue weighted by Crippen LogP contribution is 2.35. The molecular weight excluding hydrogens is 622 g/mol. The first-order valence-electron chi connectivity index (χ1n) is 13.0. The number of nitrogens with zero attached hydrogens (tertiary/aromatic N) is 1. The summed E-state index contributed by atoms with van der Waals surface area (Å²) in [6, 6.07) is 19.5. The number of nitro benzene ring substituents is 1. The van der Waals surface area contributed by atoms with E-state index >= 15 is 0 Å². The van der Waals surface area contributed by atoms with Gasteiger partial charge in [-0.15, -0.1) is 0 Å². The predicted octanol–water partition coefficient (Wildman–Crippen LogP) is 8.45. The average molecular weight is 640 g/mol. The zero-order valence-corrected chi connectivity index (χ0v) is 23.0. The van der Waals surface area contributed by atoms with E-state index in [1.54, 1.807) is 18.2 Å². The lowest BCUT2D eigenvalue weighted by Crippen LogP contribution is -2.05. The van der Waals surface area contributed by atoms with Crippen LogP contribution in [0.4, 0.5) is 37.7 Å². The molecule has 2 N–H and O–H groups in total. The summed E-state index contributed by atoms with van der Waals surface area (Å²) in [6.07, 6.45) is -9.02. The number of alkyl halides is 6. The van der Waals surface area contributed by atoms with Crippen LogP contribution in [0.2, 0.25) is 0 Å². The van der Waals surface area contributed by atoms with Crippen LogP contribution in [-0.4, -0.2) is 4.92 Å². The topological polar surface area (TPSA) is 130 Å². The number of anilines is 1. The van der Waals surface area contributed by atoms with Gasteiger partial charge < -0.3 is 14.6 Å². The summed E-state index contributed by atoms with van der Waals surface area (Å²) in [5.41, 5.74) is 2.98. The molecule has 0 aliphatic rings. The minimum atomic E-state index is -4.56. The maximum Gasteiger partial charge on any atom is 0.416 e. The summed E-state index contributed by atoms with van der Waals surface area (Å²) in [6.45, 7) is 0. The highest BCUT2D eigenvalue weighted by atomic mass is 19.4. The van der Waals surface area contributed by atoms with E-state index in [1.165, 1.54) is 36.4 Å². The Labute approximate surface area is 253 Å². The van der Waals surface area contributed by atoms with Crippen LogP contribution in [-0.2, 0) is 12.4 Å². The minimum absolute atomic E-state index is 0.00183. The molecular formula is C32H18F6N2O6. The molecule has 0 bridgehead atoms. The van der Waals surface area contributed by atoms with Gasteiger partial charge in [-0.3, -0.25) is 19.7 Å². The van der Waals surface area contributed by atoms with Gasteiger partial charge in [0.25, 0.3) is 0 Å². The molecule has 0 saturated heterocycles. The van der Waals surface area contributed by atoms with Gasteiger partial charge in [-0.2, -0.15) is 26.3 Å². The van der Waals surface area contributed by atoms with Crippen LogP contribution in [0.3, 0.4) is 0 Å². The van der Waals surface area contributed by atoms with Crippen molar-refractivity contribution in [3.8, 4) is 22.6 Å². The quantitative estimate of drug-likeness (QED) is 0.0889. The fourth-order valence-corrected chi connectivity index (χ4v) is 4.49. The summed E-state index contributed by atoms with van der Waals surface area (Å²) in [5.74, 6) is -0.130. The number of nitrogens with two attached hydrogens (primary N) is 1. The third-order valence-electron chi connectivity index (χ3n) is 6.66. The normalized spacial score (nSPS) is 11.7. The van der Waals surface area contributed by atoms with Crippen LogP contribution in [0.1, 0.15) is 11.1 Å². The fraction of sp³-hybridized carbons (Fsp3) is 0.0625. The lowest BCUT2D eigenvalue weighted by Gasteiger charge is -2.09. The number of non-ortho nitro benzene ring substituents is 1. The molecule has 2 aromatic heterocycles. The Morgan fingerprint density at radius 1 is 0.609 bits per heavy atom. The summed E-state index contributed by atoms with van der Waals surface area (Å²) in [5, 5.41) is 11.3. The highest BCUT2D eigenvalue weighted by Gasteiger charge is 2.31. The number of para-hydroxylation sites is 2. The lowest BCUT2D eigenvalue weighted by molar-refractivity contribution is -0.383. The van der Waals surface area contributed by atoms with Crippen molar-refractivity contribution in [2.45, 2.75) is 12.4 Å². The molecule has 0 amide bonds. The van der Waals surface area contributed by atoms with Crippen molar-refractivity contribution >= 4 is 33.3 Å². The van der Waals surface area contributed by atoms with Crippen LogP contribution in [0.15, 0.2) is 115 Å². The highest BCUT2D eigenvalue weighted by molar-refractivity contribution is 5.88. The van der Waals surface area contributed by atoms with Crippen molar-refractivity contribution in [3.63, 3.8) is 0 Å². The first-order valence-corrected chi connectivity index (χ1v) is 13.0. The zero-order valence-electron chi connectivity index (χ0n) is 23.0. The molecule has 0 radical (unpaired) electrons. The Morgan fingerprint density at radius 2 is 1.04 bits per heavy atom. The van der Waals surface area contributed by atoms with E-state index in [9.17, 15) is 46.0 Å². The van der Waals surface area contributed by atoms with E-state index in [2.05, 4.69) is 0 Å². The molecule has 14 heteroatoms. The van der Waals surface area contributed by atoms with Crippen LogP contribution >= 0.6 is 0 Å². The largest absolute Gasteiger partial charge is 0.454 e. The second-order valence-corrected chi connectivity index (χ2v) is 9.74. The average Bonchev–Trinajstić information content (AvgIpc) is 3.01. The number of hydrogen-bond acceptors (Lipinski definition) is 7. The lowest BCUT2D eigenvalue weighted by atomic mass is 10.1. The minimum Gasteiger partial charge on any atom is -0.454 e. The third-order valence-corrected chi connectivity index (χ3v) is 6.66. The Bertz CT molecular complexity index is 2240. The molecule has 6 rings (SSSR count). The molecule has 4 aromatic carbocycles. The zero-order chi connectivity index (χ0) is 33.4. The van der Waals surface area contributed by atoms with E-state index in [1.807, 2.05) is 0 Å². The smallest absolute Gasteiger partial charge is 0.416 e. The van der Waals surface area contributed by atoms with Crippen molar-refractivity contribution in [1.29, 1.82) is 0 Å². The number of rotatable bonds is 3. The van der Waals surface area contributed by atoms with Gasteiger partial charge in [0.1, 0.15) is 11.5 Å².